The van der Waals surface area contributed by atoms with Gasteiger partial charge in [0.2, 0.25) is 0 Å². The van der Waals surface area contributed by atoms with E-state index in [0.29, 0.717) is 5.75 Å². The quantitative estimate of drug-likeness (QED) is 0.770. The maximum atomic E-state index is 12.0. The number of carbonyl (C=O) groups is 2. The lowest BCUT2D eigenvalue weighted by atomic mass is 10.1. The predicted molar refractivity (Wildman–Crippen MR) is 80.3 cm³/mol. The van der Waals surface area contributed by atoms with E-state index in [1.54, 1.807) is 0 Å². The van der Waals surface area contributed by atoms with Crippen molar-refractivity contribution in [3.63, 3.8) is 0 Å². The summed E-state index contributed by atoms with van der Waals surface area (Å²) in [5.74, 6) is -0.937. The van der Waals surface area contributed by atoms with Gasteiger partial charge in [-0.15, -0.1) is 0 Å². The fourth-order valence-electron chi connectivity index (χ4n) is 1.93. The van der Waals surface area contributed by atoms with Gasteiger partial charge >= 0.3 is 5.97 Å². The molecule has 116 valence electrons. The van der Waals surface area contributed by atoms with Crippen molar-refractivity contribution < 1.29 is 19.4 Å². The molecule has 2 N–H and O–H groups in total. The lowest BCUT2D eigenvalue weighted by Crippen LogP contribution is -2.43. The molecule has 0 bridgehead atoms. The van der Waals surface area contributed by atoms with Crippen molar-refractivity contribution in [1.29, 1.82) is 0 Å². The monoisotopic (exact) mass is 293 g/mol. The van der Waals surface area contributed by atoms with Crippen molar-refractivity contribution in [2.45, 2.75) is 39.7 Å². The largest absolute Gasteiger partial charge is 0.480 e. The fourth-order valence-corrected chi connectivity index (χ4v) is 1.93. The summed E-state index contributed by atoms with van der Waals surface area (Å²) in [4.78, 5) is 22.5. The van der Waals surface area contributed by atoms with E-state index in [4.69, 9.17) is 9.84 Å². The topological polar surface area (TPSA) is 75.6 Å². The first-order valence-electron chi connectivity index (χ1n) is 7.19. The molecule has 1 unspecified atom stereocenters. The van der Waals surface area contributed by atoms with Crippen LogP contribution in [0.2, 0.25) is 0 Å². The van der Waals surface area contributed by atoms with Crippen LogP contribution in [0.25, 0.3) is 0 Å². The lowest BCUT2D eigenvalue weighted by molar-refractivity contribution is -0.139. The molecule has 0 aliphatic heterocycles. The molecule has 0 aromatic heterocycles. The Morgan fingerprint density at radius 1 is 1.24 bits per heavy atom. The van der Waals surface area contributed by atoms with Crippen molar-refractivity contribution >= 4 is 11.9 Å². The van der Waals surface area contributed by atoms with Gasteiger partial charge in [-0.3, -0.25) is 9.59 Å². The second-order valence-corrected chi connectivity index (χ2v) is 5.29. The molecule has 0 aliphatic carbocycles. The van der Waals surface area contributed by atoms with Crippen LogP contribution in [0.5, 0.6) is 5.75 Å². The Hall–Kier alpha value is -2.04. The van der Waals surface area contributed by atoms with Crippen molar-refractivity contribution in [3.05, 3.63) is 29.8 Å². The van der Waals surface area contributed by atoms with Crippen molar-refractivity contribution in [1.82, 2.24) is 5.32 Å². The molecule has 0 radical (unpaired) electrons. The number of carboxylic acids is 1. The Kier molecular flexibility index (Phi) is 6.72. The molecule has 0 heterocycles. The van der Waals surface area contributed by atoms with Crippen molar-refractivity contribution in [2.24, 2.45) is 5.92 Å². The molecule has 0 fully saturated rings. The van der Waals surface area contributed by atoms with Crippen LogP contribution in [0.1, 0.15) is 32.8 Å². The summed E-state index contributed by atoms with van der Waals surface area (Å²) in [6, 6.07) is 7.63. The minimum absolute atomic E-state index is 0.0610. The molecule has 0 saturated carbocycles. The maximum absolute atomic E-state index is 12.0. The van der Waals surface area contributed by atoms with Crippen LogP contribution in [-0.2, 0) is 16.0 Å². The molecule has 1 rings (SSSR count). The van der Waals surface area contributed by atoms with Gasteiger partial charge in [0.05, 0.1) is 0 Å². The minimum Gasteiger partial charge on any atom is -0.480 e. The Balaban J connectivity index is 2.69. The van der Waals surface area contributed by atoms with E-state index in [2.05, 4.69) is 12.2 Å². The standard InChI is InChI=1S/C16H23NO4/c1-4-5-12-6-8-13(9-7-12)21-15(11(2)3)16(20)17-10-14(18)19/h6-9,11,15H,4-5,10H2,1-3H3,(H,17,20)(H,18,19). The van der Waals surface area contributed by atoms with Gasteiger partial charge in [0, 0.05) is 0 Å². The highest BCUT2D eigenvalue weighted by Crippen LogP contribution is 2.18. The summed E-state index contributed by atoms with van der Waals surface area (Å²) in [5.41, 5.74) is 1.22. The van der Waals surface area contributed by atoms with Crippen LogP contribution < -0.4 is 10.1 Å². The van der Waals surface area contributed by atoms with Crippen LogP contribution in [-0.4, -0.2) is 29.6 Å². The summed E-state index contributed by atoms with van der Waals surface area (Å²) in [6.45, 7) is 5.43. The molecule has 0 spiro atoms. The number of nitrogens with one attached hydrogen (secondary N) is 1. The molecule has 0 saturated heterocycles. The van der Waals surface area contributed by atoms with Crippen LogP contribution in [0, 0.1) is 5.92 Å². The molecule has 1 atom stereocenters. The van der Waals surface area contributed by atoms with Gasteiger partial charge in [-0.05, 0) is 30.0 Å². The highest BCUT2D eigenvalue weighted by molar-refractivity contribution is 5.84. The zero-order valence-electron chi connectivity index (χ0n) is 12.8. The van der Waals surface area contributed by atoms with Crippen molar-refractivity contribution in [2.75, 3.05) is 6.54 Å². The number of carboxylic acid groups (broad SMARTS) is 1. The third-order valence-corrected chi connectivity index (χ3v) is 3.00. The van der Waals surface area contributed by atoms with Crippen LogP contribution in [0.15, 0.2) is 24.3 Å². The van der Waals surface area contributed by atoms with Gasteiger partial charge in [-0.25, -0.2) is 0 Å². The van der Waals surface area contributed by atoms with Crippen molar-refractivity contribution in [3.8, 4) is 5.75 Å². The molecule has 5 heteroatoms. The molecule has 21 heavy (non-hydrogen) atoms. The normalized spacial score (nSPS) is 12.0. The van der Waals surface area contributed by atoms with E-state index >= 15 is 0 Å². The molecular weight excluding hydrogens is 270 g/mol. The zero-order valence-corrected chi connectivity index (χ0v) is 12.8. The van der Waals surface area contributed by atoms with E-state index in [1.807, 2.05) is 38.1 Å². The van der Waals surface area contributed by atoms with Gasteiger partial charge in [0.25, 0.3) is 5.91 Å². The summed E-state index contributed by atoms with van der Waals surface area (Å²) in [6.07, 6.45) is 1.38. The van der Waals surface area contributed by atoms with Gasteiger partial charge in [-0.1, -0.05) is 39.3 Å². The van der Waals surface area contributed by atoms with E-state index in [1.165, 1.54) is 5.56 Å². The number of ether oxygens (including phenoxy) is 1. The number of aryl methyl sites for hydroxylation is 1. The van der Waals surface area contributed by atoms with E-state index in [0.717, 1.165) is 12.8 Å². The second kappa shape index (κ2) is 8.29. The zero-order chi connectivity index (χ0) is 15.8. The number of amides is 1. The Morgan fingerprint density at radius 2 is 1.86 bits per heavy atom. The fraction of sp³-hybridized carbons (Fsp3) is 0.500. The van der Waals surface area contributed by atoms with Gasteiger partial charge in [0.15, 0.2) is 6.10 Å². The number of aliphatic carboxylic acids is 1. The number of hydrogen-bond acceptors (Lipinski definition) is 3. The molecular formula is C16H23NO4. The number of rotatable bonds is 8. The van der Waals surface area contributed by atoms with E-state index in [9.17, 15) is 9.59 Å². The first kappa shape index (κ1) is 17.0. The summed E-state index contributed by atoms with van der Waals surface area (Å²) in [7, 11) is 0. The third kappa shape index (κ3) is 5.85. The average Bonchev–Trinajstić information content (AvgIpc) is 2.44. The van der Waals surface area contributed by atoms with Gasteiger partial charge in [-0.2, -0.15) is 0 Å². The van der Waals surface area contributed by atoms with Crippen LogP contribution in [0.3, 0.4) is 0 Å². The minimum atomic E-state index is -1.07. The second-order valence-electron chi connectivity index (χ2n) is 5.29. The summed E-state index contributed by atoms with van der Waals surface area (Å²) >= 11 is 0. The molecule has 5 nitrogen and oxygen atoms in total. The first-order valence-corrected chi connectivity index (χ1v) is 7.19. The van der Waals surface area contributed by atoms with Crippen LogP contribution >= 0.6 is 0 Å². The Labute approximate surface area is 125 Å². The third-order valence-electron chi connectivity index (χ3n) is 3.00. The lowest BCUT2D eigenvalue weighted by Gasteiger charge is -2.21. The molecule has 0 aliphatic rings. The average molecular weight is 293 g/mol. The number of benzene rings is 1. The predicted octanol–water partition coefficient (Wildman–Crippen LogP) is 2.24. The number of hydrogen-bond donors (Lipinski definition) is 2. The van der Waals surface area contributed by atoms with Gasteiger partial charge in [0.1, 0.15) is 12.3 Å². The Morgan fingerprint density at radius 3 is 2.33 bits per heavy atom. The summed E-state index contributed by atoms with van der Waals surface area (Å²) in [5, 5.41) is 10.9. The molecule has 1 aromatic rings. The van der Waals surface area contributed by atoms with E-state index < -0.39 is 24.5 Å². The van der Waals surface area contributed by atoms with Crippen LogP contribution in [0.4, 0.5) is 0 Å². The highest BCUT2D eigenvalue weighted by atomic mass is 16.5. The summed E-state index contributed by atoms with van der Waals surface area (Å²) < 4.78 is 5.70. The highest BCUT2D eigenvalue weighted by Gasteiger charge is 2.24. The first-order chi connectivity index (χ1) is 9.93. The number of carbonyl (C=O) groups excluding carboxylic acids is 1. The molecule has 1 amide bonds. The Bertz CT molecular complexity index is 468. The van der Waals surface area contributed by atoms with Gasteiger partial charge < -0.3 is 15.2 Å². The van der Waals surface area contributed by atoms with E-state index in [-0.39, 0.29) is 5.92 Å². The molecule has 1 aromatic carbocycles. The smallest absolute Gasteiger partial charge is 0.322 e. The maximum Gasteiger partial charge on any atom is 0.322 e. The SMILES string of the molecule is CCCc1ccc(OC(C(=O)NCC(=O)O)C(C)C)cc1.